The van der Waals surface area contributed by atoms with Crippen LogP contribution in [-0.4, -0.2) is 28.6 Å². The van der Waals surface area contributed by atoms with Gasteiger partial charge in [0, 0.05) is 11.7 Å². The van der Waals surface area contributed by atoms with E-state index >= 15 is 0 Å². The first-order valence-electron chi connectivity index (χ1n) is 9.78. The van der Waals surface area contributed by atoms with E-state index < -0.39 is 30.9 Å². The number of hydrogen-bond donors (Lipinski definition) is 0. The predicted molar refractivity (Wildman–Crippen MR) is 104 cm³/mol. The van der Waals surface area contributed by atoms with Gasteiger partial charge in [-0.1, -0.05) is 13.0 Å². The summed E-state index contributed by atoms with van der Waals surface area (Å²) in [6, 6.07) is 5.20. The van der Waals surface area contributed by atoms with Crippen LogP contribution in [0.25, 0.3) is 0 Å². The van der Waals surface area contributed by atoms with Crippen LogP contribution in [0, 0.1) is 17.3 Å². The molecule has 4 rings (SSSR count). The summed E-state index contributed by atoms with van der Waals surface area (Å²) in [6.45, 7) is 1.79. The molecule has 10 heteroatoms. The molecule has 0 saturated heterocycles. The minimum atomic E-state index is -5.69. The Morgan fingerprint density at radius 1 is 1.13 bits per heavy atom. The number of aryl methyl sites for hydroxylation is 1. The van der Waals surface area contributed by atoms with Gasteiger partial charge in [0.25, 0.3) is 0 Å². The number of sulfone groups is 1. The number of halogens is 3. The first kappa shape index (κ1) is 21.7. The lowest BCUT2D eigenvalue weighted by Gasteiger charge is -2.49. The SMILES string of the molecule is C[C@]12CCC3c4ccc(S(C)(=O)=O)cc4CCC3C1CC=C2OS(=O)(=O)C(F)(F)F. The standard InChI is InChI=1S/C20H23F3O5S2/c1-19-10-9-15-14-6-4-13(29(2,24)25)11-12(14)3-5-16(15)17(19)7-8-18(19)28-30(26,27)20(21,22)23/h4,6,8,11,15-17H,3,5,7,9-10H2,1-2H3/t15?,16?,17?,19-/m0/s1. The predicted octanol–water partition coefficient (Wildman–Crippen LogP) is 4.31. The second kappa shape index (κ2) is 6.72. The smallest absolute Gasteiger partial charge is 0.380 e. The van der Waals surface area contributed by atoms with Crippen molar-refractivity contribution in [2.24, 2.45) is 17.3 Å². The van der Waals surface area contributed by atoms with Crippen LogP contribution in [0.1, 0.15) is 49.7 Å². The summed E-state index contributed by atoms with van der Waals surface area (Å²) in [5.41, 5.74) is -4.12. The number of alkyl halides is 3. The van der Waals surface area contributed by atoms with Crippen molar-refractivity contribution in [3.8, 4) is 0 Å². The van der Waals surface area contributed by atoms with E-state index in [-0.39, 0.29) is 28.4 Å². The largest absolute Gasteiger partial charge is 0.534 e. The maximum absolute atomic E-state index is 12.8. The van der Waals surface area contributed by atoms with Gasteiger partial charge in [0.1, 0.15) is 5.76 Å². The van der Waals surface area contributed by atoms with Gasteiger partial charge in [-0.15, -0.1) is 0 Å². The van der Waals surface area contributed by atoms with E-state index in [0.717, 1.165) is 17.5 Å². The van der Waals surface area contributed by atoms with Crippen LogP contribution < -0.4 is 0 Å². The zero-order valence-corrected chi connectivity index (χ0v) is 18.2. The van der Waals surface area contributed by atoms with Crippen molar-refractivity contribution in [3.05, 3.63) is 41.2 Å². The van der Waals surface area contributed by atoms with E-state index in [1.807, 2.05) is 6.07 Å². The molecule has 1 aromatic carbocycles. The first-order chi connectivity index (χ1) is 13.7. The van der Waals surface area contributed by atoms with Crippen LogP contribution in [0.4, 0.5) is 13.2 Å². The van der Waals surface area contributed by atoms with E-state index in [1.54, 1.807) is 19.1 Å². The summed E-state index contributed by atoms with van der Waals surface area (Å²) >= 11 is 0. The number of fused-ring (bicyclic) bond motifs is 5. The molecule has 0 heterocycles. The van der Waals surface area contributed by atoms with Crippen molar-refractivity contribution >= 4 is 20.0 Å². The maximum Gasteiger partial charge on any atom is 0.534 e. The monoisotopic (exact) mass is 464 g/mol. The summed E-state index contributed by atoms with van der Waals surface area (Å²) in [4.78, 5) is 0.288. The fourth-order valence-corrected chi connectivity index (χ4v) is 6.87. The molecule has 0 aliphatic heterocycles. The Morgan fingerprint density at radius 3 is 2.47 bits per heavy atom. The van der Waals surface area contributed by atoms with Gasteiger partial charge in [-0.05, 0) is 79.2 Å². The van der Waals surface area contributed by atoms with E-state index in [9.17, 15) is 30.0 Å². The van der Waals surface area contributed by atoms with Crippen molar-refractivity contribution in [1.82, 2.24) is 0 Å². The molecule has 0 spiro atoms. The minimum absolute atomic E-state index is 0.0163. The molecule has 1 fully saturated rings. The average Bonchev–Trinajstić information content (AvgIpc) is 2.95. The van der Waals surface area contributed by atoms with Gasteiger partial charge < -0.3 is 4.18 Å². The second-order valence-corrected chi connectivity index (χ2v) is 12.3. The molecular weight excluding hydrogens is 441 g/mol. The Labute approximate surface area is 174 Å². The Balaban J connectivity index is 1.61. The Morgan fingerprint density at radius 2 is 1.83 bits per heavy atom. The molecule has 30 heavy (non-hydrogen) atoms. The zero-order valence-electron chi connectivity index (χ0n) is 16.6. The van der Waals surface area contributed by atoms with Crippen molar-refractivity contribution in [3.63, 3.8) is 0 Å². The number of hydrogen-bond acceptors (Lipinski definition) is 5. The molecule has 4 atom stereocenters. The highest BCUT2D eigenvalue weighted by molar-refractivity contribution is 7.90. The van der Waals surface area contributed by atoms with Gasteiger partial charge in [-0.2, -0.15) is 21.6 Å². The average molecular weight is 465 g/mol. The molecule has 5 nitrogen and oxygen atoms in total. The Bertz CT molecular complexity index is 1120. The third-order valence-corrected chi connectivity index (χ3v) is 9.19. The van der Waals surface area contributed by atoms with Crippen molar-refractivity contribution in [2.45, 2.75) is 55.3 Å². The summed E-state index contributed by atoms with van der Waals surface area (Å²) in [5, 5.41) is 0. The highest BCUT2D eigenvalue weighted by Gasteiger charge is 2.56. The molecule has 3 aliphatic carbocycles. The van der Waals surface area contributed by atoms with Crippen LogP contribution in [-0.2, 0) is 30.6 Å². The molecule has 0 radical (unpaired) electrons. The van der Waals surface area contributed by atoms with Crippen LogP contribution in [0.2, 0.25) is 0 Å². The quantitative estimate of drug-likeness (QED) is 0.492. The van der Waals surface area contributed by atoms with Crippen LogP contribution >= 0.6 is 0 Å². The molecule has 3 aliphatic rings. The molecule has 0 aromatic heterocycles. The minimum Gasteiger partial charge on any atom is -0.380 e. The van der Waals surface area contributed by atoms with Crippen LogP contribution in [0.5, 0.6) is 0 Å². The van der Waals surface area contributed by atoms with Gasteiger partial charge in [-0.3, -0.25) is 0 Å². The Kier molecular flexibility index (Phi) is 4.86. The number of benzene rings is 1. The summed E-state index contributed by atoms with van der Waals surface area (Å²) in [5.74, 6) is 0.234. The normalized spacial score (nSPS) is 31.4. The topological polar surface area (TPSA) is 77.5 Å². The van der Waals surface area contributed by atoms with Gasteiger partial charge >= 0.3 is 15.6 Å². The summed E-state index contributed by atoms with van der Waals surface area (Å²) in [6.07, 6.45) is 5.78. The highest BCUT2D eigenvalue weighted by Crippen LogP contribution is 2.61. The van der Waals surface area contributed by atoms with Crippen molar-refractivity contribution in [2.75, 3.05) is 6.26 Å². The fourth-order valence-electron chi connectivity index (χ4n) is 5.61. The number of rotatable bonds is 3. The fraction of sp³-hybridized carbons (Fsp3) is 0.600. The van der Waals surface area contributed by atoms with E-state index in [0.29, 0.717) is 25.7 Å². The molecule has 166 valence electrons. The van der Waals surface area contributed by atoms with Gasteiger partial charge in [0.2, 0.25) is 0 Å². The lowest BCUT2D eigenvalue weighted by molar-refractivity contribution is -0.0544. The van der Waals surface area contributed by atoms with Crippen LogP contribution in [0.15, 0.2) is 34.9 Å². The molecule has 3 unspecified atom stereocenters. The summed E-state index contributed by atoms with van der Waals surface area (Å²) in [7, 11) is -8.99. The summed E-state index contributed by atoms with van der Waals surface area (Å²) < 4.78 is 89.8. The van der Waals surface area contributed by atoms with Gasteiger partial charge in [0.05, 0.1) is 4.90 Å². The van der Waals surface area contributed by atoms with E-state index in [2.05, 4.69) is 4.18 Å². The first-order valence-corrected chi connectivity index (χ1v) is 13.1. The maximum atomic E-state index is 12.8. The van der Waals surface area contributed by atoms with Gasteiger partial charge in [-0.25, -0.2) is 8.42 Å². The molecule has 1 aromatic rings. The molecular formula is C20H23F3O5S2. The van der Waals surface area contributed by atoms with Crippen LogP contribution in [0.3, 0.4) is 0 Å². The highest BCUT2D eigenvalue weighted by atomic mass is 32.2. The molecule has 0 amide bonds. The van der Waals surface area contributed by atoms with E-state index in [4.69, 9.17) is 0 Å². The van der Waals surface area contributed by atoms with E-state index in [1.165, 1.54) is 12.3 Å². The van der Waals surface area contributed by atoms with Crippen molar-refractivity contribution < 1.29 is 34.2 Å². The number of allylic oxidation sites excluding steroid dienone is 2. The third-order valence-electron chi connectivity index (χ3n) is 7.12. The van der Waals surface area contributed by atoms with Gasteiger partial charge in [0.15, 0.2) is 9.84 Å². The second-order valence-electron chi connectivity index (χ2n) is 8.79. The molecule has 1 saturated carbocycles. The zero-order chi connectivity index (χ0) is 22.1. The lowest BCUT2D eigenvalue weighted by Crippen LogP contribution is -2.42. The van der Waals surface area contributed by atoms with Crippen molar-refractivity contribution in [1.29, 1.82) is 0 Å². The molecule has 0 N–H and O–H groups in total. The lowest BCUT2D eigenvalue weighted by atomic mass is 9.55. The molecule has 0 bridgehead atoms. The Hall–Kier alpha value is -1.55. The third kappa shape index (κ3) is 3.36.